The van der Waals surface area contributed by atoms with Gasteiger partial charge in [0.25, 0.3) is 0 Å². The van der Waals surface area contributed by atoms with E-state index in [1.54, 1.807) is 4.57 Å². The minimum atomic E-state index is -0.297. The van der Waals surface area contributed by atoms with Crippen molar-refractivity contribution in [1.29, 1.82) is 0 Å². The highest BCUT2D eigenvalue weighted by Crippen LogP contribution is 2.15. The van der Waals surface area contributed by atoms with Crippen LogP contribution in [0.25, 0.3) is 11.1 Å². The average molecular weight is 274 g/mol. The molecular formula is C15H18N2O3. The summed E-state index contributed by atoms with van der Waals surface area (Å²) in [5, 5.41) is 0. The minimum absolute atomic E-state index is 0.212. The summed E-state index contributed by atoms with van der Waals surface area (Å²) in [6.07, 6.45) is 2.90. The molecule has 1 aliphatic rings. The van der Waals surface area contributed by atoms with Gasteiger partial charge in [0, 0.05) is 19.0 Å². The number of piperidine rings is 1. The molecule has 1 fully saturated rings. The van der Waals surface area contributed by atoms with E-state index in [0.717, 1.165) is 44.3 Å². The van der Waals surface area contributed by atoms with Crippen LogP contribution in [0.15, 0.2) is 33.5 Å². The first-order valence-corrected chi connectivity index (χ1v) is 7.04. The van der Waals surface area contributed by atoms with E-state index in [2.05, 4.69) is 4.90 Å². The minimum Gasteiger partial charge on any atom is -0.408 e. The predicted octanol–water partition coefficient (Wildman–Crippen LogP) is 1.51. The number of hydrogen-bond donors (Lipinski definition) is 0. The second kappa shape index (κ2) is 5.63. The van der Waals surface area contributed by atoms with Gasteiger partial charge in [-0.2, -0.15) is 0 Å². The number of nitrogens with zero attached hydrogens (tertiary/aromatic N) is 2. The zero-order valence-electron chi connectivity index (χ0n) is 11.3. The second-order valence-corrected chi connectivity index (χ2v) is 5.30. The number of hydrogen-bond acceptors (Lipinski definition) is 4. The van der Waals surface area contributed by atoms with Crippen LogP contribution in [0.1, 0.15) is 12.8 Å². The second-order valence-electron chi connectivity index (χ2n) is 5.30. The molecule has 20 heavy (non-hydrogen) atoms. The first-order valence-electron chi connectivity index (χ1n) is 7.04. The van der Waals surface area contributed by atoms with Crippen LogP contribution in [0, 0.1) is 5.92 Å². The Balaban J connectivity index is 1.67. The molecule has 2 aromatic rings. The summed E-state index contributed by atoms with van der Waals surface area (Å²) in [6.45, 7) is 3.29. The predicted molar refractivity (Wildman–Crippen MR) is 75.7 cm³/mol. The molecule has 5 heteroatoms. The van der Waals surface area contributed by atoms with Gasteiger partial charge in [0.15, 0.2) is 5.58 Å². The van der Waals surface area contributed by atoms with Crippen molar-refractivity contribution in [3.05, 3.63) is 34.8 Å². The maximum absolute atomic E-state index is 11.8. The maximum atomic E-state index is 11.8. The lowest BCUT2D eigenvalue weighted by atomic mass is 9.99. The smallest absolute Gasteiger partial charge is 0.408 e. The standard InChI is InChI=1S/C15H18N2O3/c18-11-12-5-7-16(8-6-12)9-10-17-13-3-1-2-4-14(13)20-15(17)19/h1-4,11-12H,5-10H2. The molecule has 1 aromatic carbocycles. The summed E-state index contributed by atoms with van der Waals surface area (Å²) >= 11 is 0. The molecule has 1 saturated heterocycles. The first-order chi connectivity index (χ1) is 9.78. The van der Waals surface area contributed by atoms with Crippen LogP contribution in [0.5, 0.6) is 0 Å². The van der Waals surface area contributed by atoms with Crippen LogP contribution < -0.4 is 5.76 Å². The van der Waals surface area contributed by atoms with Gasteiger partial charge in [0.1, 0.15) is 6.29 Å². The molecule has 2 heterocycles. The van der Waals surface area contributed by atoms with Crippen LogP contribution in [0.3, 0.4) is 0 Å². The van der Waals surface area contributed by atoms with Crippen molar-refractivity contribution in [3.8, 4) is 0 Å². The highest BCUT2D eigenvalue weighted by Gasteiger charge is 2.18. The Morgan fingerprint density at radius 2 is 1.95 bits per heavy atom. The van der Waals surface area contributed by atoms with Crippen LogP contribution in [-0.2, 0) is 11.3 Å². The Morgan fingerprint density at radius 3 is 2.70 bits per heavy atom. The van der Waals surface area contributed by atoms with Gasteiger partial charge in [-0.1, -0.05) is 12.1 Å². The SMILES string of the molecule is O=CC1CCN(CCn2c(=O)oc3ccccc32)CC1. The molecule has 0 aliphatic carbocycles. The summed E-state index contributed by atoms with van der Waals surface area (Å²) in [6, 6.07) is 7.48. The molecule has 0 amide bonds. The van der Waals surface area contributed by atoms with E-state index in [1.807, 2.05) is 24.3 Å². The Bertz CT molecular complexity index is 650. The van der Waals surface area contributed by atoms with Crippen molar-refractivity contribution in [1.82, 2.24) is 9.47 Å². The zero-order chi connectivity index (χ0) is 13.9. The summed E-state index contributed by atoms with van der Waals surface area (Å²) in [5.74, 6) is -0.0855. The number of likely N-dealkylation sites (tertiary alicyclic amines) is 1. The van der Waals surface area contributed by atoms with E-state index in [9.17, 15) is 9.59 Å². The number of benzene rings is 1. The molecule has 0 radical (unpaired) electrons. The Morgan fingerprint density at radius 1 is 1.20 bits per heavy atom. The molecule has 5 nitrogen and oxygen atoms in total. The van der Waals surface area contributed by atoms with Gasteiger partial charge in [-0.05, 0) is 38.1 Å². The number of carbonyl (C=O) groups excluding carboxylic acids is 1. The highest BCUT2D eigenvalue weighted by molar-refractivity contribution is 5.72. The van der Waals surface area contributed by atoms with Crippen LogP contribution in [-0.4, -0.2) is 35.4 Å². The number of para-hydroxylation sites is 2. The molecule has 1 aliphatic heterocycles. The quantitative estimate of drug-likeness (QED) is 0.793. The highest BCUT2D eigenvalue weighted by atomic mass is 16.4. The normalized spacial score (nSPS) is 17.6. The summed E-state index contributed by atoms with van der Waals surface area (Å²) in [4.78, 5) is 24.9. The molecular weight excluding hydrogens is 256 g/mol. The number of fused-ring (bicyclic) bond motifs is 1. The van der Waals surface area contributed by atoms with Crippen LogP contribution >= 0.6 is 0 Å². The Kier molecular flexibility index (Phi) is 3.69. The summed E-state index contributed by atoms with van der Waals surface area (Å²) in [7, 11) is 0. The third-order valence-corrected chi connectivity index (χ3v) is 4.04. The maximum Gasteiger partial charge on any atom is 0.419 e. The van der Waals surface area contributed by atoms with Gasteiger partial charge < -0.3 is 14.1 Å². The molecule has 0 saturated carbocycles. The first kappa shape index (κ1) is 13.1. The van der Waals surface area contributed by atoms with Crippen LogP contribution in [0.2, 0.25) is 0 Å². The van der Waals surface area contributed by atoms with Crippen molar-refractivity contribution in [3.63, 3.8) is 0 Å². The molecule has 0 unspecified atom stereocenters. The van der Waals surface area contributed by atoms with E-state index >= 15 is 0 Å². The van der Waals surface area contributed by atoms with Gasteiger partial charge in [0.05, 0.1) is 5.52 Å². The lowest BCUT2D eigenvalue weighted by Crippen LogP contribution is -2.37. The molecule has 106 valence electrons. The molecule has 1 aromatic heterocycles. The van der Waals surface area contributed by atoms with Crippen molar-refractivity contribution >= 4 is 17.4 Å². The molecule has 0 bridgehead atoms. The van der Waals surface area contributed by atoms with Crippen LogP contribution in [0.4, 0.5) is 0 Å². The third-order valence-electron chi connectivity index (χ3n) is 4.04. The zero-order valence-corrected chi connectivity index (χ0v) is 11.3. The van der Waals surface area contributed by atoms with Gasteiger partial charge in [-0.25, -0.2) is 4.79 Å². The van der Waals surface area contributed by atoms with E-state index in [-0.39, 0.29) is 11.7 Å². The van der Waals surface area contributed by atoms with Gasteiger partial charge in [-0.15, -0.1) is 0 Å². The fraction of sp³-hybridized carbons (Fsp3) is 0.467. The fourth-order valence-corrected chi connectivity index (χ4v) is 2.78. The number of oxazole rings is 1. The summed E-state index contributed by atoms with van der Waals surface area (Å²) in [5.41, 5.74) is 1.48. The summed E-state index contributed by atoms with van der Waals surface area (Å²) < 4.78 is 6.90. The molecule has 3 rings (SSSR count). The number of rotatable bonds is 4. The molecule has 0 N–H and O–H groups in total. The lowest BCUT2D eigenvalue weighted by molar-refractivity contribution is -0.112. The van der Waals surface area contributed by atoms with Crippen molar-refractivity contribution in [2.75, 3.05) is 19.6 Å². The van der Waals surface area contributed by atoms with E-state index in [1.165, 1.54) is 0 Å². The van der Waals surface area contributed by atoms with Gasteiger partial charge in [0.2, 0.25) is 0 Å². The number of aromatic nitrogens is 1. The van der Waals surface area contributed by atoms with Gasteiger partial charge in [-0.3, -0.25) is 4.57 Å². The number of carbonyl (C=O) groups is 1. The average Bonchev–Trinajstić information content (AvgIpc) is 2.81. The van der Waals surface area contributed by atoms with E-state index in [0.29, 0.717) is 12.1 Å². The number of aldehydes is 1. The third kappa shape index (κ3) is 2.54. The molecule has 0 atom stereocenters. The van der Waals surface area contributed by atoms with Crippen molar-refractivity contribution in [2.24, 2.45) is 5.92 Å². The Hall–Kier alpha value is -1.88. The largest absolute Gasteiger partial charge is 0.419 e. The molecule has 0 spiro atoms. The van der Waals surface area contributed by atoms with Crippen molar-refractivity contribution in [2.45, 2.75) is 19.4 Å². The fourth-order valence-electron chi connectivity index (χ4n) is 2.78. The monoisotopic (exact) mass is 274 g/mol. The van der Waals surface area contributed by atoms with E-state index in [4.69, 9.17) is 4.42 Å². The lowest BCUT2D eigenvalue weighted by Gasteiger charge is -2.29. The van der Waals surface area contributed by atoms with Gasteiger partial charge >= 0.3 is 5.76 Å². The van der Waals surface area contributed by atoms with E-state index < -0.39 is 0 Å². The van der Waals surface area contributed by atoms with Crippen molar-refractivity contribution < 1.29 is 9.21 Å². The topological polar surface area (TPSA) is 55.5 Å². The Labute approximate surface area is 116 Å².